The van der Waals surface area contributed by atoms with Crippen molar-refractivity contribution in [2.24, 2.45) is 4.99 Å². The maximum Gasteiger partial charge on any atom is 0.275 e. The van der Waals surface area contributed by atoms with E-state index in [9.17, 15) is 9.18 Å². The maximum absolute atomic E-state index is 13.7. The van der Waals surface area contributed by atoms with Gasteiger partial charge in [-0.05, 0) is 35.9 Å². The Hall–Kier alpha value is -2.27. The summed E-state index contributed by atoms with van der Waals surface area (Å²) in [5.74, 6) is -0.515. The molecule has 0 aromatic heterocycles. The first kappa shape index (κ1) is 13.7. The van der Waals surface area contributed by atoms with Crippen molar-refractivity contribution in [3.8, 4) is 0 Å². The van der Waals surface area contributed by atoms with E-state index in [1.165, 1.54) is 6.07 Å². The Kier molecular flexibility index (Phi) is 3.66. The van der Waals surface area contributed by atoms with Crippen LogP contribution in [0.4, 0.5) is 4.39 Å². The molecule has 0 radical (unpaired) electrons. The fraction of sp³-hybridized carbons (Fsp3) is 0. The number of amidine groups is 1. The van der Waals surface area contributed by atoms with E-state index in [4.69, 9.17) is 0 Å². The number of aliphatic imine (C=N–C) groups is 1. The monoisotopic (exact) mass is 344 g/mol. The Labute approximate surface area is 129 Å². The molecule has 0 saturated heterocycles. The SMILES string of the molecule is O=C1NC(c2ccccc2F)=N/C1=C/c1ccc(Br)cc1. The van der Waals surface area contributed by atoms with Crippen LogP contribution in [0.1, 0.15) is 11.1 Å². The molecule has 1 heterocycles. The molecule has 0 fully saturated rings. The second kappa shape index (κ2) is 5.61. The number of rotatable bonds is 2. The van der Waals surface area contributed by atoms with Crippen LogP contribution >= 0.6 is 15.9 Å². The lowest BCUT2D eigenvalue weighted by molar-refractivity contribution is -0.115. The third kappa shape index (κ3) is 2.92. The largest absolute Gasteiger partial charge is 0.305 e. The molecule has 3 rings (SSSR count). The standard InChI is InChI=1S/C16H10BrFN2O/c17-11-7-5-10(6-8-11)9-14-16(21)20-15(19-14)12-3-1-2-4-13(12)18/h1-9H,(H,19,20,21)/b14-9+. The van der Waals surface area contributed by atoms with Gasteiger partial charge in [-0.15, -0.1) is 0 Å². The summed E-state index contributed by atoms with van der Waals surface area (Å²) >= 11 is 3.35. The Morgan fingerprint density at radius 1 is 1.10 bits per heavy atom. The molecule has 2 aromatic carbocycles. The summed E-state index contributed by atoms with van der Waals surface area (Å²) < 4.78 is 14.7. The third-order valence-electron chi connectivity index (χ3n) is 3.00. The number of nitrogens with zero attached hydrogens (tertiary/aromatic N) is 1. The highest BCUT2D eigenvalue weighted by Crippen LogP contribution is 2.18. The highest BCUT2D eigenvalue weighted by atomic mass is 79.9. The molecule has 1 N–H and O–H groups in total. The molecule has 104 valence electrons. The maximum atomic E-state index is 13.7. The van der Waals surface area contributed by atoms with E-state index in [0.717, 1.165) is 10.0 Å². The smallest absolute Gasteiger partial charge is 0.275 e. The molecule has 0 bridgehead atoms. The number of carbonyl (C=O) groups is 1. The van der Waals surface area contributed by atoms with Crippen LogP contribution in [0.2, 0.25) is 0 Å². The van der Waals surface area contributed by atoms with E-state index in [1.807, 2.05) is 24.3 Å². The van der Waals surface area contributed by atoms with Crippen LogP contribution in [-0.2, 0) is 4.79 Å². The Morgan fingerprint density at radius 3 is 2.52 bits per heavy atom. The number of amides is 1. The number of carbonyl (C=O) groups excluding carboxylic acids is 1. The van der Waals surface area contributed by atoms with Crippen molar-refractivity contribution in [3.05, 3.63) is 75.6 Å². The van der Waals surface area contributed by atoms with Gasteiger partial charge in [-0.1, -0.05) is 40.2 Å². The number of hydrogen-bond donors (Lipinski definition) is 1. The zero-order valence-electron chi connectivity index (χ0n) is 10.8. The van der Waals surface area contributed by atoms with Gasteiger partial charge >= 0.3 is 0 Å². The molecule has 0 aliphatic carbocycles. The minimum absolute atomic E-state index is 0.237. The fourth-order valence-electron chi connectivity index (χ4n) is 1.97. The van der Waals surface area contributed by atoms with Gasteiger partial charge in [-0.2, -0.15) is 0 Å². The van der Waals surface area contributed by atoms with E-state index in [-0.39, 0.29) is 23.0 Å². The lowest BCUT2D eigenvalue weighted by atomic mass is 10.2. The zero-order valence-corrected chi connectivity index (χ0v) is 12.4. The summed E-state index contributed by atoms with van der Waals surface area (Å²) in [5.41, 5.74) is 1.39. The second-order valence-electron chi connectivity index (χ2n) is 4.48. The van der Waals surface area contributed by atoms with E-state index in [1.54, 1.807) is 24.3 Å². The van der Waals surface area contributed by atoms with E-state index in [2.05, 4.69) is 26.2 Å². The average Bonchev–Trinajstić information content (AvgIpc) is 2.83. The topological polar surface area (TPSA) is 41.5 Å². The van der Waals surface area contributed by atoms with Crippen LogP contribution in [0.25, 0.3) is 6.08 Å². The van der Waals surface area contributed by atoms with Crippen molar-refractivity contribution in [1.29, 1.82) is 0 Å². The van der Waals surface area contributed by atoms with Crippen LogP contribution in [0.15, 0.2) is 63.7 Å². The number of benzene rings is 2. The van der Waals surface area contributed by atoms with Gasteiger partial charge in [-0.25, -0.2) is 9.38 Å². The third-order valence-corrected chi connectivity index (χ3v) is 3.53. The van der Waals surface area contributed by atoms with Crippen LogP contribution in [-0.4, -0.2) is 11.7 Å². The first-order valence-corrected chi connectivity index (χ1v) is 7.05. The van der Waals surface area contributed by atoms with Gasteiger partial charge in [0.25, 0.3) is 5.91 Å². The van der Waals surface area contributed by atoms with Crippen molar-refractivity contribution in [1.82, 2.24) is 5.32 Å². The summed E-state index contributed by atoms with van der Waals surface area (Å²) in [6, 6.07) is 13.7. The van der Waals surface area contributed by atoms with Crippen LogP contribution < -0.4 is 5.32 Å². The van der Waals surface area contributed by atoms with Gasteiger partial charge in [0, 0.05) is 4.47 Å². The molecule has 1 aliphatic heterocycles. The minimum atomic E-state index is -0.415. The zero-order chi connectivity index (χ0) is 14.8. The lowest BCUT2D eigenvalue weighted by Crippen LogP contribution is -2.25. The van der Waals surface area contributed by atoms with Gasteiger partial charge in [0.1, 0.15) is 17.3 Å². The summed E-state index contributed by atoms with van der Waals surface area (Å²) in [4.78, 5) is 16.1. The predicted molar refractivity (Wildman–Crippen MR) is 83.2 cm³/mol. The minimum Gasteiger partial charge on any atom is -0.305 e. The molecule has 21 heavy (non-hydrogen) atoms. The molecule has 2 aromatic rings. The first-order valence-electron chi connectivity index (χ1n) is 6.26. The molecule has 1 amide bonds. The summed E-state index contributed by atoms with van der Waals surface area (Å²) in [7, 11) is 0. The van der Waals surface area contributed by atoms with Gasteiger partial charge in [0.2, 0.25) is 0 Å². The van der Waals surface area contributed by atoms with E-state index < -0.39 is 5.82 Å². The molecule has 3 nitrogen and oxygen atoms in total. The Morgan fingerprint density at radius 2 is 1.81 bits per heavy atom. The fourth-order valence-corrected chi connectivity index (χ4v) is 2.23. The highest BCUT2D eigenvalue weighted by Gasteiger charge is 2.22. The molecule has 5 heteroatoms. The van der Waals surface area contributed by atoms with Crippen molar-refractivity contribution >= 4 is 33.7 Å². The van der Waals surface area contributed by atoms with Crippen molar-refractivity contribution in [2.75, 3.05) is 0 Å². The molecular weight excluding hydrogens is 335 g/mol. The molecule has 0 unspecified atom stereocenters. The van der Waals surface area contributed by atoms with Crippen LogP contribution in [0, 0.1) is 5.82 Å². The summed E-state index contributed by atoms with van der Waals surface area (Å²) in [6.07, 6.45) is 1.66. The molecule has 0 saturated carbocycles. The molecular formula is C16H10BrFN2O. The van der Waals surface area contributed by atoms with Gasteiger partial charge in [0.15, 0.2) is 0 Å². The number of halogens is 2. The summed E-state index contributed by atoms with van der Waals surface area (Å²) in [6.45, 7) is 0. The van der Waals surface area contributed by atoms with Crippen molar-refractivity contribution < 1.29 is 9.18 Å². The van der Waals surface area contributed by atoms with Gasteiger partial charge in [-0.3, -0.25) is 4.79 Å². The average molecular weight is 345 g/mol. The van der Waals surface area contributed by atoms with Crippen LogP contribution in [0.3, 0.4) is 0 Å². The molecule has 0 spiro atoms. The van der Waals surface area contributed by atoms with Gasteiger partial charge < -0.3 is 5.32 Å². The molecule has 0 atom stereocenters. The normalized spacial score (nSPS) is 16.0. The quantitative estimate of drug-likeness (QED) is 0.832. The highest BCUT2D eigenvalue weighted by molar-refractivity contribution is 9.10. The first-order chi connectivity index (χ1) is 10.1. The number of nitrogens with one attached hydrogen (secondary N) is 1. The number of hydrogen-bond acceptors (Lipinski definition) is 2. The predicted octanol–water partition coefficient (Wildman–Crippen LogP) is 3.51. The van der Waals surface area contributed by atoms with Crippen molar-refractivity contribution in [3.63, 3.8) is 0 Å². The second-order valence-corrected chi connectivity index (χ2v) is 5.39. The van der Waals surface area contributed by atoms with Crippen LogP contribution in [0.5, 0.6) is 0 Å². The molecule has 1 aliphatic rings. The summed E-state index contributed by atoms with van der Waals surface area (Å²) in [5, 5.41) is 2.59. The lowest BCUT2D eigenvalue weighted by Gasteiger charge is -2.00. The van der Waals surface area contributed by atoms with E-state index in [0.29, 0.717) is 0 Å². The van der Waals surface area contributed by atoms with Crippen molar-refractivity contribution in [2.45, 2.75) is 0 Å². The Balaban J connectivity index is 1.96. The van der Waals surface area contributed by atoms with Gasteiger partial charge in [0.05, 0.1) is 5.56 Å². The Bertz CT molecular complexity index is 766. The van der Waals surface area contributed by atoms with E-state index >= 15 is 0 Å².